The molecule has 0 spiro atoms. The molecule has 0 bridgehead atoms. The lowest BCUT2D eigenvalue weighted by molar-refractivity contribution is -0.132. The third-order valence-corrected chi connectivity index (χ3v) is 6.66. The zero-order valence-electron chi connectivity index (χ0n) is 17.8. The van der Waals surface area contributed by atoms with Gasteiger partial charge in [-0.3, -0.25) is 14.5 Å². The maximum atomic E-state index is 13.1. The molecule has 31 heavy (non-hydrogen) atoms. The number of amides is 1. The van der Waals surface area contributed by atoms with Crippen molar-refractivity contribution in [3.8, 4) is 22.6 Å². The number of hydrogen-bond acceptors (Lipinski definition) is 5. The largest absolute Gasteiger partial charge is 0.330 e. The zero-order chi connectivity index (χ0) is 21.5. The topological polar surface area (TPSA) is 63.9 Å². The van der Waals surface area contributed by atoms with Gasteiger partial charge >= 0.3 is 0 Å². The third-order valence-electron chi connectivity index (χ3n) is 5.66. The molecule has 0 unspecified atom stereocenters. The van der Waals surface area contributed by atoms with Gasteiger partial charge in [0, 0.05) is 10.6 Å². The average molecular weight is 430 g/mol. The van der Waals surface area contributed by atoms with Crippen molar-refractivity contribution < 1.29 is 4.79 Å². The minimum atomic E-state index is 0.0442. The summed E-state index contributed by atoms with van der Waals surface area (Å²) in [6, 6.07) is 16.1. The summed E-state index contributed by atoms with van der Waals surface area (Å²) in [5.74, 6) is 0.0442. The number of nitrogens with zero attached hydrogens (tertiary/aromatic N) is 5. The number of fused-ring (bicyclic) bond motifs is 1. The Labute approximate surface area is 185 Å². The third kappa shape index (κ3) is 3.77. The first kappa shape index (κ1) is 19.6. The summed E-state index contributed by atoms with van der Waals surface area (Å²) < 4.78 is 1.80. The van der Waals surface area contributed by atoms with Crippen molar-refractivity contribution >= 4 is 17.2 Å². The smallest absolute Gasteiger partial charge is 0.245 e. The molecule has 1 aromatic carbocycles. The molecule has 3 aromatic heterocycles. The fourth-order valence-corrected chi connectivity index (χ4v) is 4.81. The highest BCUT2D eigenvalue weighted by molar-refractivity contribution is 7.11. The van der Waals surface area contributed by atoms with E-state index in [9.17, 15) is 4.79 Å². The number of pyridine rings is 1. The van der Waals surface area contributed by atoms with Crippen molar-refractivity contribution in [2.24, 2.45) is 0 Å². The van der Waals surface area contributed by atoms with Gasteiger partial charge in [-0.1, -0.05) is 36.4 Å². The lowest BCUT2D eigenvalue weighted by Crippen LogP contribution is -2.30. The summed E-state index contributed by atoms with van der Waals surface area (Å²) in [6.45, 7) is 7.44. The van der Waals surface area contributed by atoms with Gasteiger partial charge in [0.2, 0.25) is 5.91 Å². The van der Waals surface area contributed by atoms with Gasteiger partial charge in [0.1, 0.15) is 12.2 Å². The predicted molar refractivity (Wildman–Crippen MR) is 121 cm³/mol. The average Bonchev–Trinajstić information content (AvgIpc) is 3.43. The molecule has 156 valence electrons. The molecule has 1 amide bonds. The van der Waals surface area contributed by atoms with Crippen LogP contribution in [0.25, 0.3) is 22.6 Å². The second-order valence-corrected chi connectivity index (χ2v) is 9.18. The van der Waals surface area contributed by atoms with Crippen LogP contribution in [0.5, 0.6) is 0 Å². The van der Waals surface area contributed by atoms with Crippen LogP contribution in [-0.4, -0.2) is 30.6 Å². The van der Waals surface area contributed by atoms with Gasteiger partial charge in [0.05, 0.1) is 35.2 Å². The Morgan fingerprint density at radius 1 is 1.00 bits per heavy atom. The summed E-state index contributed by atoms with van der Waals surface area (Å²) in [7, 11) is 0. The molecular weight excluding hydrogens is 406 g/mol. The van der Waals surface area contributed by atoms with E-state index in [0.29, 0.717) is 13.1 Å². The Bertz CT molecular complexity index is 1250. The number of aromatic nitrogens is 4. The molecule has 4 heterocycles. The molecule has 1 aliphatic heterocycles. The first-order valence-electron chi connectivity index (χ1n) is 10.3. The Hall–Kier alpha value is -3.32. The van der Waals surface area contributed by atoms with Crippen molar-refractivity contribution in [3.05, 3.63) is 75.4 Å². The van der Waals surface area contributed by atoms with E-state index in [-0.39, 0.29) is 12.5 Å². The van der Waals surface area contributed by atoms with E-state index >= 15 is 0 Å². The first-order valence-corrected chi connectivity index (χ1v) is 11.1. The van der Waals surface area contributed by atoms with E-state index in [0.717, 1.165) is 44.6 Å². The van der Waals surface area contributed by atoms with Crippen LogP contribution in [0.3, 0.4) is 0 Å². The van der Waals surface area contributed by atoms with Gasteiger partial charge in [0.15, 0.2) is 0 Å². The molecule has 0 saturated heterocycles. The highest BCUT2D eigenvalue weighted by Crippen LogP contribution is 2.29. The van der Waals surface area contributed by atoms with Crippen LogP contribution in [0.15, 0.2) is 48.5 Å². The summed E-state index contributed by atoms with van der Waals surface area (Å²) in [6.07, 6.45) is 0. The van der Waals surface area contributed by atoms with E-state index in [2.05, 4.69) is 11.1 Å². The zero-order valence-corrected chi connectivity index (χ0v) is 18.6. The number of carbonyl (C=O) groups is 1. The van der Waals surface area contributed by atoms with Crippen LogP contribution < -0.4 is 0 Å². The lowest BCUT2D eigenvalue weighted by atomic mass is 10.1. The summed E-state index contributed by atoms with van der Waals surface area (Å²) in [5.41, 5.74) is 6.67. The van der Waals surface area contributed by atoms with Gasteiger partial charge in [-0.2, -0.15) is 5.10 Å². The molecule has 0 fully saturated rings. The second kappa shape index (κ2) is 7.74. The summed E-state index contributed by atoms with van der Waals surface area (Å²) in [5, 5.41) is 5.84. The van der Waals surface area contributed by atoms with Crippen LogP contribution in [0.4, 0.5) is 0 Å². The Balaban J connectivity index is 1.46. The monoisotopic (exact) mass is 429 g/mol. The summed E-state index contributed by atoms with van der Waals surface area (Å²) >= 11 is 1.67. The molecular formula is C24H23N5OS. The normalized spacial score (nSPS) is 12.9. The van der Waals surface area contributed by atoms with Gasteiger partial charge in [-0.25, -0.2) is 4.98 Å². The van der Waals surface area contributed by atoms with Gasteiger partial charge in [0.25, 0.3) is 0 Å². The minimum absolute atomic E-state index is 0.0442. The first-order chi connectivity index (χ1) is 15.0. The number of carbonyl (C=O) groups excluding carboxylic acids is 1. The highest BCUT2D eigenvalue weighted by atomic mass is 32.1. The second-order valence-electron chi connectivity index (χ2n) is 7.89. The fourth-order valence-electron chi connectivity index (χ4n) is 3.85. The Morgan fingerprint density at radius 3 is 2.55 bits per heavy atom. The molecule has 5 rings (SSSR count). The molecule has 0 radical (unpaired) electrons. The Morgan fingerprint density at radius 2 is 1.81 bits per heavy atom. The molecule has 4 aromatic rings. The molecule has 6 nitrogen and oxygen atoms in total. The van der Waals surface area contributed by atoms with Crippen LogP contribution in [0.1, 0.15) is 26.8 Å². The van der Waals surface area contributed by atoms with Crippen molar-refractivity contribution in [1.29, 1.82) is 0 Å². The van der Waals surface area contributed by atoms with Gasteiger partial charge < -0.3 is 4.90 Å². The van der Waals surface area contributed by atoms with E-state index in [1.165, 1.54) is 4.88 Å². The van der Waals surface area contributed by atoms with Crippen LogP contribution in [-0.2, 0) is 24.4 Å². The standard InChI is InChI=1S/C24H23N5OS/c1-15-9-10-19(25-16(15)2)20-11-22(18-7-5-4-6-8-18)29(27-20)14-24(30)28-12-21-23(13-28)31-17(3)26-21/h4-11H,12-14H2,1-3H3. The van der Waals surface area contributed by atoms with E-state index < -0.39 is 0 Å². The lowest BCUT2D eigenvalue weighted by Gasteiger charge is -2.16. The molecule has 0 N–H and O–H groups in total. The van der Waals surface area contributed by atoms with Crippen LogP contribution >= 0.6 is 11.3 Å². The van der Waals surface area contributed by atoms with Gasteiger partial charge in [-0.15, -0.1) is 11.3 Å². The molecule has 0 saturated carbocycles. The minimum Gasteiger partial charge on any atom is -0.330 e. The van der Waals surface area contributed by atoms with E-state index in [1.54, 1.807) is 16.0 Å². The number of thiazole rings is 1. The maximum Gasteiger partial charge on any atom is 0.245 e. The highest BCUT2D eigenvalue weighted by Gasteiger charge is 2.27. The van der Waals surface area contributed by atoms with Crippen LogP contribution in [0, 0.1) is 20.8 Å². The predicted octanol–water partition coefficient (Wildman–Crippen LogP) is 4.54. The van der Waals surface area contributed by atoms with Crippen molar-refractivity contribution in [1.82, 2.24) is 24.6 Å². The SMILES string of the molecule is Cc1nc2c(s1)CN(C(=O)Cn1nc(-c3ccc(C)c(C)n3)cc1-c1ccccc1)C2. The van der Waals surface area contributed by atoms with E-state index in [1.807, 2.05) is 68.1 Å². The van der Waals surface area contributed by atoms with Gasteiger partial charge in [-0.05, 0) is 44.0 Å². The number of aryl methyl sites for hydroxylation is 3. The van der Waals surface area contributed by atoms with Crippen molar-refractivity contribution in [3.63, 3.8) is 0 Å². The van der Waals surface area contributed by atoms with E-state index in [4.69, 9.17) is 10.1 Å². The quantitative estimate of drug-likeness (QED) is 0.478. The maximum absolute atomic E-state index is 13.1. The Kier molecular flexibility index (Phi) is 4.90. The van der Waals surface area contributed by atoms with Crippen molar-refractivity contribution in [2.45, 2.75) is 40.4 Å². The molecule has 1 aliphatic rings. The van der Waals surface area contributed by atoms with Crippen LogP contribution in [0.2, 0.25) is 0 Å². The number of benzene rings is 1. The molecule has 0 aliphatic carbocycles. The number of rotatable bonds is 4. The molecule has 0 atom stereocenters. The molecule has 7 heteroatoms. The number of hydrogen-bond donors (Lipinski definition) is 0. The fraction of sp³-hybridized carbons (Fsp3) is 0.250. The summed E-state index contributed by atoms with van der Waals surface area (Å²) in [4.78, 5) is 25.4. The van der Waals surface area contributed by atoms with Crippen molar-refractivity contribution in [2.75, 3.05) is 0 Å².